The van der Waals surface area contributed by atoms with E-state index in [-0.39, 0.29) is 35.6 Å². The normalized spacial score (nSPS) is 21.1. The number of carbonyl (C=O) groups excluding carboxylic acids is 3. The number of amides is 3. The molecule has 0 saturated carbocycles. The van der Waals surface area contributed by atoms with Crippen molar-refractivity contribution in [1.29, 1.82) is 0 Å². The predicted octanol–water partition coefficient (Wildman–Crippen LogP) is 2.77. The quantitative estimate of drug-likeness (QED) is 0.697. The minimum atomic E-state index is -0.279. The first-order chi connectivity index (χ1) is 13.2. The van der Waals surface area contributed by atoms with Crippen LogP contribution >= 0.6 is 15.9 Å². The summed E-state index contributed by atoms with van der Waals surface area (Å²) < 4.78 is 0.874. The molecular weight excluding hydrogens is 422 g/mol. The lowest BCUT2D eigenvalue weighted by Gasteiger charge is -2.32. The van der Waals surface area contributed by atoms with Gasteiger partial charge in [0.25, 0.3) is 5.91 Å². The Hall–Kier alpha value is -1.89. The third-order valence-corrected chi connectivity index (χ3v) is 5.94. The summed E-state index contributed by atoms with van der Waals surface area (Å²) in [5, 5.41) is 0. The molecule has 0 spiro atoms. The molecule has 2 aliphatic heterocycles. The van der Waals surface area contributed by atoms with Crippen molar-refractivity contribution in [2.24, 2.45) is 5.92 Å². The van der Waals surface area contributed by atoms with E-state index in [1.54, 1.807) is 4.90 Å². The maximum Gasteiger partial charge on any atom is 0.253 e. The number of nitrogens with zero attached hydrogens (tertiary/aromatic N) is 3. The van der Waals surface area contributed by atoms with Gasteiger partial charge in [0, 0.05) is 54.7 Å². The molecule has 0 aliphatic carbocycles. The second kappa shape index (κ2) is 8.23. The number of carbonyl (C=O) groups is 3. The molecule has 0 radical (unpaired) electrons. The van der Waals surface area contributed by atoms with Crippen LogP contribution in [0, 0.1) is 5.92 Å². The Kier molecular flexibility index (Phi) is 6.12. The Balaban J connectivity index is 1.61. The SMILES string of the molecule is CC(C)(C)N1CC(C(=O)N2CCCN(C(=O)c3cccc(Br)c3)CC2)CC1=O. The van der Waals surface area contributed by atoms with Crippen molar-refractivity contribution in [3.63, 3.8) is 0 Å². The molecule has 7 heteroatoms. The second-order valence-electron chi connectivity index (χ2n) is 8.56. The van der Waals surface area contributed by atoms with E-state index in [1.807, 2.05) is 54.8 Å². The molecule has 2 saturated heterocycles. The molecule has 2 fully saturated rings. The first kappa shape index (κ1) is 20.8. The van der Waals surface area contributed by atoms with E-state index in [0.29, 0.717) is 38.3 Å². The average molecular weight is 450 g/mol. The van der Waals surface area contributed by atoms with E-state index < -0.39 is 0 Å². The fraction of sp³-hybridized carbons (Fsp3) is 0.571. The van der Waals surface area contributed by atoms with Gasteiger partial charge >= 0.3 is 0 Å². The number of likely N-dealkylation sites (tertiary alicyclic amines) is 1. The predicted molar refractivity (Wildman–Crippen MR) is 111 cm³/mol. The van der Waals surface area contributed by atoms with E-state index in [0.717, 1.165) is 10.9 Å². The Bertz CT molecular complexity index is 774. The van der Waals surface area contributed by atoms with Crippen LogP contribution in [0.4, 0.5) is 0 Å². The molecule has 152 valence electrons. The van der Waals surface area contributed by atoms with Gasteiger partial charge in [0.15, 0.2) is 0 Å². The van der Waals surface area contributed by atoms with Gasteiger partial charge in [-0.2, -0.15) is 0 Å². The van der Waals surface area contributed by atoms with Gasteiger partial charge in [-0.1, -0.05) is 22.0 Å². The van der Waals surface area contributed by atoms with Crippen molar-refractivity contribution >= 4 is 33.7 Å². The van der Waals surface area contributed by atoms with Crippen LogP contribution in [0.2, 0.25) is 0 Å². The van der Waals surface area contributed by atoms with E-state index in [1.165, 1.54) is 0 Å². The highest BCUT2D eigenvalue weighted by Gasteiger charge is 2.41. The van der Waals surface area contributed by atoms with Crippen LogP contribution in [0.1, 0.15) is 44.0 Å². The number of rotatable bonds is 2. The average Bonchev–Trinajstić information content (AvgIpc) is 2.87. The van der Waals surface area contributed by atoms with Gasteiger partial charge in [0.1, 0.15) is 0 Å². The van der Waals surface area contributed by atoms with Crippen molar-refractivity contribution < 1.29 is 14.4 Å². The van der Waals surface area contributed by atoms with E-state index in [2.05, 4.69) is 15.9 Å². The Morgan fingerprint density at radius 1 is 1.07 bits per heavy atom. The molecule has 0 aromatic heterocycles. The largest absolute Gasteiger partial charge is 0.341 e. The van der Waals surface area contributed by atoms with E-state index in [9.17, 15) is 14.4 Å². The molecule has 2 heterocycles. The van der Waals surface area contributed by atoms with Crippen LogP contribution in [0.15, 0.2) is 28.7 Å². The van der Waals surface area contributed by atoms with Crippen molar-refractivity contribution in [3.8, 4) is 0 Å². The maximum absolute atomic E-state index is 13.0. The smallest absolute Gasteiger partial charge is 0.253 e. The maximum atomic E-state index is 13.0. The number of hydrogen-bond acceptors (Lipinski definition) is 3. The van der Waals surface area contributed by atoms with Gasteiger partial charge in [-0.15, -0.1) is 0 Å². The molecule has 1 unspecified atom stereocenters. The van der Waals surface area contributed by atoms with Crippen LogP contribution in [-0.4, -0.2) is 70.7 Å². The fourth-order valence-electron chi connectivity index (χ4n) is 3.92. The molecule has 0 bridgehead atoms. The highest BCUT2D eigenvalue weighted by Crippen LogP contribution is 2.27. The van der Waals surface area contributed by atoms with Gasteiger partial charge < -0.3 is 14.7 Å². The summed E-state index contributed by atoms with van der Waals surface area (Å²) in [6.07, 6.45) is 1.03. The number of halogens is 1. The highest BCUT2D eigenvalue weighted by atomic mass is 79.9. The van der Waals surface area contributed by atoms with Crippen molar-refractivity contribution in [2.45, 2.75) is 39.2 Å². The molecule has 2 aliphatic rings. The number of hydrogen-bond donors (Lipinski definition) is 0. The van der Waals surface area contributed by atoms with Gasteiger partial charge in [-0.05, 0) is 45.4 Å². The summed E-state index contributed by atoms with van der Waals surface area (Å²) >= 11 is 3.40. The van der Waals surface area contributed by atoms with Crippen LogP contribution in [0.5, 0.6) is 0 Å². The van der Waals surface area contributed by atoms with Crippen LogP contribution < -0.4 is 0 Å². The summed E-state index contributed by atoms with van der Waals surface area (Å²) in [5.74, 6) is -0.200. The first-order valence-electron chi connectivity index (χ1n) is 9.81. The third-order valence-electron chi connectivity index (χ3n) is 5.45. The van der Waals surface area contributed by atoms with Gasteiger partial charge in [-0.25, -0.2) is 0 Å². The molecule has 1 aromatic rings. The summed E-state index contributed by atoms with van der Waals surface area (Å²) in [6, 6.07) is 7.37. The summed E-state index contributed by atoms with van der Waals surface area (Å²) in [5.41, 5.74) is 0.384. The van der Waals surface area contributed by atoms with Crippen LogP contribution in [-0.2, 0) is 9.59 Å². The zero-order valence-corrected chi connectivity index (χ0v) is 18.4. The molecule has 6 nitrogen and oxygen atoms in total. The monoisotopic (exact) mass is 449 g/mol. The van der Waals surface area contributed by atoms with E-state index >= 15 is 0 Å². The van der Waals surface area contributed by atoms with Gasteiger partial charge in [0.05, 0.1) is 5.92 Å². The topological polar surface area (TPSA) is 60.9 Å². The lowest BCUT2D eigenvalue weighted by atomic mass is 10.1. The molecule has 1 aromatic carbocycles. The first-order valence-corrected chi connectivity index (χ1v) is 10.6. The van der Waals surface area contributed by atoms with E-state index in [4.69, 9.17) is 0 Å². The summed E-state index contributed by atoms with van der Waals surface area (Å²) in [7, 11) is 0. The summed E-state index contributed by atoms with van der Waals surface area (Å²) in [4.78, 5) is 43.5. The molecule has 1 atom stereocenters. The van der Waals surface area contributed by atoms with Gasteiger partial charge in [0.2, 0.25) is 11.8 Å². The zero-order valence-electron chi connectivity index (χ0n) is 16.8. The zero-order chi connectivity index (χ0) is 20.5. The molecular formula is C21H28BrN3O3. The van der Waals surface area contributed by atoms with Crippen molar-refractivity contribution in [2.75, 3.05) is 32.7 Å². The minimum absolute atomic E-state index is 0.00875. The highest BCUT2D eigenvalue weighted by molar-refractivity contribution is 9.10. The molecule has 3 rings (SSSR count). The lowest BCUT2D eigenvalue weighted by molar-refractivity contribution is -0.135. The minimum Gasteiger partial charge on any atom is -0.341 e. The Morgan fingerprint density at radius 3 is 2.39 bits per heavy atom. The van der Waals surface area contributed by atoms with Crippen LogP contribution in [0.25, 0.3) is 0 Å². The van der Waals surface area contributed by atoms with Gasteiger partial charge in [-0.3, -0.25) is 14.4 Å². The fourth-order valence-corrected chi connectivity index (χ4v) is 4.32. The second-order valence-corrected chi connectivity index (χ2v) is 9.47. The Morgan fingerprint density at radius 2 is 1.75 bits per heavy atom. The van der Waals surface area contributed by atoms with Crippen LogP contribution in [0.3, 0.4) is 0 Å². The van der Waals surface area contributed by atoms with Crippen molar-refractivity contribution in [3.05, 3.63) is 34.3 Å². The number of benzene rings is 1. The third kappa shape index (κ3) is 4.57. The standard InChI is InChI=1S/C21H28BrN3O3/c1-21(2,3)25-14-16(13-18(25)26)20(28)24-9-5-8-23(10-11-24)19(27)15-6-4-7-17(22)12-15/h4,6-7,12,16H,5,8-11,13-14H2,1-3H3. The van der Waals surface area contributed by atoms with Crippen molar-refractivity contribution in [1.82, 2.24) is 14.7 Å². The molecule has 0 N–H and O–H groups in total. The summed E-state index contributed by atoms with van der Waals surface area (Å²) in [6.45, 7) is 8.76. The Labute approximate surface area is 175 Å². The lowest BCUT2D eigenvalue weighted by Crippen LogP contribution is -2.44. The molecule has 3 amide bonds. The molecule has 28 heavy (non-hydrogen) atoms.